The lowest BCUT2D eigenvalue weighted by molar-refractivity contribution is -0.194. The van der Waals surface area contributed by atoms with Crippen molar-refractivity contribution in [1.29, 1.82) is 0 Å². The topological polar surface area (TPSA) is 65.0 Å². The van der Waals surface area contributed by atoms with Gasteiger partial charge in [0.1, 0.15) is 0 Å². The van der Waals surface area contributed by atoms with Crippen LogP contribution in [-0.4, -0.2) is 39.9 Å². The van der Waals surface area contributed by atoms with Crippen LogP contribution in [0, 0.1) is 16.7 Å². The van der Waals surface area contributed by atoms with Gasteiger partial charge in [-0.3, -0.25) is 0 Å². The summed E-state index contributed by atoms with van der Waals surface area (Å²) in [6.07, 6.45) is 1.78. The number of ether oxygens (including phenoxy) is 2. The Labute approximate surface area is 108 Å². The highest BCUT2D eigenvalue weighted by atomic mass is 32.2. The maximum atomic E-state index is 11.9. The zero-order chi connectivity index (χ0) is 13.4. The molecule has 2 bridgehead atoms. The Morgan fingerprint density at radius 3 is 2.44 bits per heavy atom. The minimum absolute atomic E-state index is 0.104. The van der Waals surface area contributed by atoms with Crippen LogP contribution in [0.15, 0.2) is 4.40 Å². The van der Waals surface area contributed by atoms with Crippen LogP contribution >= 0.6 is 0 Å². The molecule has 1 aliphatic heterocycles. The molecule has 6 heteroatoms. The van der Waals surface area contributed by atoms with E-state index < -0.39 is 21.2 Å². The number of hydrogen-bond acceptors (Lipinski definition) is 4. The van der Waals surface area contributed by atoms with Crippen molar-refractivity contribution in [2.45, 2.75) is 32.5 Å². The molecular weight excluding hydrogens is 254 g/mol. The summed E-state index contributed by atoms with van der Waals surface area (Å²) in [5.41, 5.74) is 0.0328. The van der Waals surface area contributed by atoms with Gasteiger partial charge in [0, 0.05) is 25.6 Å². The van der Waals surface area contributed by atoms with E-state index in [2.05, 4.69) is 18.2 Å². The third-order valence-electron chi connectivity index (χ3n) is 5.47. The zero-order valence-electron chi connectivity index (χ0n) is 11.2. The van der Waals surface area contributed by atoms with Crippen LogP contribution in [0.1, 0.15) is 26.7 Å². The van der Waals surface area contributed by atoms with Gasteiger partial charge < -0.3 is 9.47 Å². The van der Waals surface area contributed by atoms with E-state index in [1.807, 2.05) is 0 Å². The highest BCUT2D eigenvalue weighted by molar-refractivity contribution is 7.90. The van der Waals surface area contributed by atoms with E-state index in [-0.39, 0.29) is 17.1 Å². The van der Waals surface area contributed by atoms with Gasteiger partial charge in [0.05, 0.1) is 11.5 Å². The lowest BCUT2D eigenvalue weighted by Crippen LogP contribution is -2.49. The summed E-state index contributed by atoms with van der Waals surface area (Å²) in [4.78, 5) is 0. The lowest BCUT2D eigenvalue weighted by atomic mass is 9.70. The minimum atomic E-state index is -3.38. The molecule has 3 aliphatic rings. The molecule has 2 atom stereocenters. The maximum absolute atomic E-state index is 11.9. The van der Waals surface area contributed by atoms with Crippen LogP contribution < -0.4 is 0 Å². The number of methoxy groups -OCH3 is 2. The molecular formula is C12H19NO4S. The molecule has 2 saturated carbocycles. The van der Waals surface area contributed by atoms with Gasteiger partial charge in [-0.05, 0) is 18.3 Å². The van der Waals surface area contributed by atoms with E-state index in [9.17, 15) is 8.42 Å². The van der Waals surface area contributed by atoms with Crippen LogP contribution in [0.25, 0.3) is 0 Å². The molecule has 2 fully saturated rings. The Bertz CT molecular complexity index is 532. The van der Waals surface area contributed by atoms with Crippen molar-refractivity contribution < 1.29 is 17.9 Å². The van der Waals surface area contributed by atoms with E-state index in [1.54, 1.807) is 14.2 Å². The molecule has 0 radical (unpaired) electrons. The third-order valence-corrected chi connectivity index (χ3v) is 6.79. The summed E-state index contributed by atoms with van der Waals surface area (Å²) in [5, 5.41) is 0. The van der Waals surface area contributed by atoms with Gasteiger partial charge in [-0.15, -0.1) is 0 Å². The van der Waals surface area contributed by atoms with Gasteiger partial charge in [-0.25, -0.2) is 8.42 Å². The molecule has 1 spiro atoms. The fourth-order valence-electron chi connectivity index (χ4n) is 4.52. The summed E-state index contributed by atoms with van der Waals surface area (Å²) < 4.78 is 39.1. The van der Waals surface area contributed by atoms with Crippen molar-refractivity contribution in [2.24, 2.45) is 21.1 Å². The smallest absolute Gasteiger partial charge is 0.254 e. The fraction of sp³-hybridized carbons (Fsp3) is 0.917. The van der Waals surface area contributed by atoms with E-state index in [0.717, 1.165) is 12.8 Å². The predicted molar refractivity (Wildman–Crippen MR) is 66.9 cm³/mol. The van der Waals surface area contributed by atoms with Crippen LogP contribution in [-0.2, 0) is 19.5 Å². The first kappa shape index (κ1) is 12.6. The molecule has 0 unspecified atom stereocenters. The van der Waals surface area contributed by atoms with Crippen LogP contribution in [0.5, 0.6) is 0 Å². The summed E-state index contributed by atoms with van der Waals surface area (Å²) in [5.74, 6) is -0.687. The Hall–Kier alpha value is -0.460. The first-order chi connectivity index (χ1) is 8.26. The molecule has 5 nitrogen and oxygen atoms in total. The predicted octanol–water partition coefficient (Wildman–Crippen LogP) is 1.20. The van der Waals surface area contributed by atoms with E-state index in [4.69, 9.17) is 9.47 Å². The molecule has 3 rings (SSSR count). The van der Waals surface area contributed by atoms with E-state index >= 15 is 0 Å². The summed E-state index contributed by atoms with van der Waals surface area (Å²) in [7, 11) is -0.242. The highest BCUT2D eigenvalue weighted by Crippen LogP contribution is 2.70. The Morgan fingerprint density at radius 2 is 1.89 bits per heavy atom. The Balaban J connectivity index is 2.29. The van der Waals surface area contributed by atoms with Gasteiger partial charge >= 0.3 is 0 Å². The highest BCUT2D eigenvalue weighted by Gasteiger charge is 2.77. The molecule has 0 aromatic rings. The normalized spacial score (nSPS) is 41.8. The number of sulfonamides is 1. The maximum Gasteiger partial charge on any atom is 0.254 e. The van der Waals surface area contributed by atoms with Crippen molar-refractivity contribution in [3.8, 4) is 0 Å². The molecule has 0 aromatic carbocycles. The average Bonchev–Trinajstić information content (AvgIpc) is 2.76. The molecule has 102 valence electrons. The third kappa shape index (κ3) is 1.07. The van der Waals surface area contributed by atoms with Gasteiger partial charge in [0.2, 0.25) is 5.79 Å². The summed E-state index contributed by atoms with van der Waals surface area (Å²) in [6.45, 7) is 4.22. The second kappa shape index (κ2) is 3.16. The second-order valence-corrected chi connectivity index (χ2v) is 7.77. The minimum Gasteiger partial charge on any atom is -0.348 e. The standard InChI is InChI=1S/C12H19NO4S/c1-10(2)8-5-6-11(10)7-18(14,15)13-9(11)12(8,16-3)17-4/h8H,5-7H2,1-4H3/t8-,11+/m0/s1. The number of nitrogens with zero attached hydrogens (tertiary/aromatic N) is 1. The van der Waals surface area contributed by atoms with Gasteiger partial charge in [0.15, 0.2) is 0 Å². The molecule has 2 aliphatic carbocycles. The monoisotopic (exact) mass is 273 g/mol. The fourth-order valence-corrected chi connectivity index (χ4v) is 6.44. The SMILES string of the molecule is COC1(OC)C2=NS(=O)(=O)C[C@]23CC[C@H]1C3(C)C. The number of fused-ring (bicyclic) bond motifs is 1. The number of rotatable bonds is 2. The van der Waals surface area contributed by atoms with Gasteiger partial charge in [0.25, 0.3) is 10.0 Å². The molecule has 0 aromatic heterocycles. The Morgan fingerprint density at radius 1 is 1.28 bits per heavy atom. The first-order valence-electron chi connectivity index (χ1n) is 6.20. The molecule has 0 amide bonds. The quantitative estimate of drug-likeness (QED) is 0.709. The molecule has 18 heavy (non-hydrogen) atoms. The molecule has 1 heterocycles. The largest absolute Gasteiger partial charge is 0.348 e. The number of hydrogen-bond donors (Lipinski definition) is 0. The zero-order valence-corrected chi connectivity index (χ0v) is 12.0. The summed E-state index contributed by atoms with van der Waals surface area (Å²) >= 11 is 0. The molecule has 0 N–H and O–H groups in total. The van der Waals surface area contributed by atoms with Crippen molar-refractivity contribution in [1.82, 2.24) is 0 Å². The van der Waals surface area contributed by atoms with Gasteiger partial charge in [-0.2, -0.15) is 4.40 Å². The van der Waals surface area contributed by atoms with Crippen LogP contribution in [0.3, 0.4) is 0 Å². The van der Waals surface area contributed by atoms with Crippen molar-refractivity contribution in [3.63, 3.8) is 0 Å². The average molecular weight is 273 g/mol. The first-order valence-corrected chi connectivity index (χ1v) is 7.80. The Kier molecular flexibility index (Phi) is 2.21. The van der Waals surface area contributed by atoms with E-state index in [0.29, 0.717) is 5.71 Å². The molecule has 0 saturated heterocycles. The van der Waals surface area contributed by atoms with Crippen LogP contribution in [0.4, 0.5) is 0 Å². The van der Waals surface area contributed by atoms with Gasteiger partial charge in [-0.1, -0.05) is 13.8 Å². The van der Waals surface area contributed by atoms with Crippen molar-refractivity contribution >= 4 is 15.7 Å². The lowest BCUT2D eigenvalue weighted by Gasteiger charge is -2.36. The van der Waals surface area contributed by atoms with E-state index in [1.165, 1.54) is 0 Å². The van der Waals surface area contributed by atoms with Crippen LogP contribution in [0.2, 0.25) is 0 Å². The van der Waals surface area contributed by atoms with Crippen molar-refractivity contribution in [2.75, 3.05) is 20.0 Å². The second-order valence-electron chi connectivity index (χ2n) is 6.14. The summed E-state index contributed by atoms with van der Waals surface area (Å²) in [6, 6.07) is 0. The van der Waals surface area contributed by atoms with Crippen molar-refractivity contribution in [3.05, 3.63) is 0 Å².